The summed E-state index contributed by atoms with van der Waals surface area (Å²) >= 11 is 5.75. The molecule has 4 rings (SSSR count). The summed E-state index contributed by atoms with van der Waals surface area (Å²) in [5.74, 6) is 1.61. The molecule has 0 radical (unpaired) electrons. The first-order chi connectivity index (χ1) is 11.8. The zero-order valence-corrected chi connectivity index (χ0v) is 14.5. The van der Waals surface area contributed by atoms with Crippen LogP contribution in [0.25, 0.3) is 5.69 Å². The Bertz CT molecular complexity index is 808. The molecule has 2 fully saturated rings. The van der Waals surface area contributed by atoms with Crippen molar-refractivity contribution in [2.75, 3.05) is 6.54 Å². The minimum Gasteiger partial charge on any atom is -0.280 e. The number of hydrogen-bond acceptors (Lipinski definition) is 4. The standard InChI is InChI=1S/C18H21N5S/c19-11-4-12-21(15-9-10-15)13-22-18(24)23(16-5-2-1-3-6-16)17(20-22)14-7-8-14/h1-3,5-6,14-15H,4,7-10,12-13H2. The third kappa shape index (κ3) is 3.14. The van der Waals surface area contributed by atoms with E-state index in [9.17, 15) is 0 Å². The zero-order valence-electron chi connectivity index (χ0n) is 13.6. The largest absolute Gasteiger partial charge is 0.280 e. The smallest absolute Gasteiger partial charge is 0.203 e. The van der Waals surface area contributed by atoms with Gasteiger partial charge in [-0.2, -0.15) is 10.4 Å². The summed E-state index contributed by atoms with van der Waals surface area (Å²) in [5.41, 5.74) is 1.09. The van der Waals surface area contributed by atoms with Gasteiger partial charge in [-0.25, -0.2) is 4.68 Å². The number of benzene rings is 1. The molecule has 5 nitrogen and oxygen atoms in total. The number of nitrogens with zero attached hydrogens (tertiary/aromatic N) is 5. The second-order valence-corrected chi connectivity index (χ2v) is 7.04. The molecule has 2 aliphatic rings. The normalized spacial score (nSPS) is 17.2. The van der Waals surface area contributed by atoms with E-state index in [2.05, 4.69) is 27.7 Å². The van der Waals surface area contributed by atoms with E-state index < -0.39 is 0 Å². The van der Waals surface area contributed by atoms with Gasteiger partial charge in [0, 0.05) is 30.6 Å². The highest BCUT2D eigenvalue weighted by Crippen LogP contribution is 2.40. The van der Waals surface area contributed by atoms with Crippen molar-refractivity contribution < 1.29 is 0 Å². The SMILES string of the molecule is N#CCCN(Cn1nc(C2CC2)n(-c2ccccc2)c1=S)C1CC1. The molecule has 2 aliphatic carbocycles. The van der Waals surface area contributed by atoms with E-state index >= 15 is 0 Å². The van der Waals surface area contributed by atoms with Crippen LogP contribution in [-0.2, 0) is 6.67 Å². The van der Waals surface area contributed by atoms with Gasteiger partial charge in [0.2, 0.25) is 4.77 Å². The van der Waals surface area contributed by atoms with Gasteiger partial charge in [0.25, 0.3) is 0 Å². The molecule has 1 heterocycles. The van der Waals surface area contributed by atoms with Crippen LogP contribution in [0.3, 0.4) is 0 Å². The summed E-state index contributed by atoms with van der Waals surface area (Å²) in [6.07, 6.45) is 5.37. The van der Waals surface area contributed by atoms with Crippen molar-refractivity contribution >= 4 is 12.2 Å². The highest BCUT2D eigenvalue weighted by atomic mass is 32.1. The molecule has 1 aromatic carbocycles. The molecule has 6 heteroatoms. The molecule has 24 heavy (non-hydrogen) atoms. The average Bonchev–Trinajstić information content (AvgIpc) is 3.50. The highest BCUT2D eigenvalue weighted by Gasteiger charge is 2.32. The second kappa shape index (κ2) is 6.50. The molecule has 2 saturated carbocycles. The van der Waals surface area contributed by atoms with Gasteiger partial charge >= 0.3 is 0 Å². The number of nitriles is 1. The summed E-state index contributed by atoms with van der Waals surface area (Å²) in [7, 11) is 0. The third-order valence-electron chi connectivity index (χ3n) is 4.71. The predicted octanol–water partition coefficient (Wildman–Crippen LogP) is 3.62. The maximum Gasteiger partial charge on any atom is 0.203 e. The van der Waals surface area contributed by atoms with Crippen LogP contribution >= 0.6 is 12.2 Å². The molecule has 0 bridgehead atoms. The quantitative estimate of drug-likeness (QED) is 0.723. The first-order valence-corrected chi connectivity index (χ1v) is 9.05. The Morgan fingerprint density at radius 2 is 1.96 bits per heavy atom. The molecule has 0 saturated heterocycles. The minimum atomic E-state index is 0.529. The van der Waals surface area contributed by atoms with Crippen LogP contribution in [0.1, 0.15) is 43.8 Å². The maximum atomic E-state index is 8.89. The molecule has 0 atom stereocenters. The van der Waals surface area contributed by atoms with E-state index in [4.69, 9.17) is 22.6 Å². The number of para-hydroxylation sites is 1. The Balaban J connectivity index is 1.67. The molecular formula is C18H21N5S. The van der Waals surface area contributed by atoms with E-state index in [0.29, 0.717) is 25.0 Å². The van der Waals surface area contributed by atoms with E-state index in [1.54, 1.807) is 0 Å². The molecular weight excluding hydrogens is 318 g/mol. The minimum absolute atomic E-state index is 0.529. The molecule has 2 aromatic rings. The van der Waals surface area contributed by atoms with Gasteiger partial charge in [-0.3, -0.25) is 9.47 Å². The lowest BCUT2D eigenvalue weighted by Crippen LogP contribution is -2.30. The van der Waals surface area contributed by atoms with Gasteiger partial charge in [0.1, 0.15) is 5.82 Å². The summed E-state index contributed by atoms with van der Waals surface area (Å²) in [6, 6.07) is 13.1. The molecule has 124 valence electrons. The molecule has 1 aromatic heterocycles. The van der Waals surface area contributed by atoms with Crippen molar-refractivity contribution in [1.82, 2.24) is 19.2 Å². The predicted molar refractivity (Wildman–Crippen MR) is 94.3 cm³/mol. The van der Waals surface area contributed by atoms with Gasteiger partial charge in [0.15, 0.2) is 0 Å². The van der Waals surface area contributed by atoms with Crippen LogP contribution in [0.2, 0.25) is 0 Å². The van der Waals surface area contributed by atoms with Crippen molar-refractivity contribution in [3.8, 4) is 11.8 Å². The lowest BCUT2D eigenvalue weighted by Gasteiger charge is -2.20. The van der Waals surface area contributed by atoms with Gasteiger partial charge in [-0.15, -0.1) is 0 Å². The summed E-state index contributed by atoms with van der Waals surface area (Å²) in [5, 5.41) is 13.7. The topological polar surface area (TPSA) is 49.8 Å². The summed E-state index contributed by atoms with van der Waals surface area (Å²) in [6.45, 7) is 1.48. The van der Waals surface area contributed by atoms with Gasteiger partial charge < -0.3 is 0 Å². The van der Waals surface area contributed by atoms with Crippen LogP contribution in [0.5, 0.6) is 0 Å². The lowest BCUT2D eigenvalue weighted by molar-refractivity contribution is 0.199. The fourth-order valence-electron chi connectivity index (χ4n) is 3.12. The van der Waals surface area contributed by atoms with Crippen LogP contribution in [0.15, 0.2) is 30.3 Å². The highest BCUT2D eigenvalue weighted by molar-refractivity contribution is 7.71. The molecule has 0 amide bonds. The van der Waals surface area contributed by atoms with E-state index in [-0.39, 0.29) is 0 Å². The van der Waals surface area contributed by atoms with Crippen molar-refractivity contribution in [3.05, 3.63) is 40.9 Å². The number of aromatic nitrogens is 3. The van der Waals surface area contributed by atoms with Crippen molar-refractivity contribution in [2.24, 2.45) is 0 Å². The van der Waals surface area contributed by atoms with Crippen LogP contribution in [0.4, 0.5) is 0 Å². The Labute approximate surface area is 147 Å². The zero-order chi connectivity index (χ0) is 16.5. The Morgan fingerprint density at radius 1 is 1.21 bits per heavy atom. The summed E-state index contributed by atoms with van der Waals surface area (Å²) < 4.78 is 4.83. The molecule has 0 unspecified atom stereocenters. The third-order valence-corrected chi connectivity index (χ3v) is 5.10. The van der Waals surface area contributed by atoms with E-state index in [1.165, 1.54) is 25.7 Å². The van der Waals surface area contributed by atoms with Crippen molar-refractivity contribution in [3.63, 3.8) is 0 Å². The monoisotopic (exact) mass is 339 g/mol. The van der Waals surface area contributed by atoms with Gasteiger partial charge in [-0.1, -0.05) is 18.2 Å². The number of hydrogen-bond donors (Lipinski definition) is 0. The number of rotatable bonds is 7. The van der Waals surface area contributed by atoms with Crippen molar-refractivity contribution in [1.29, 1.82) is 5.26 Å². The molecule has 0 aliphatic heterocycles. The van der Waals surface area contributed by atoms with Crippen LogP contribution < -0.4 is 0 Å². The first kappa shape index (κ1) is 15.6. The molecule has 0 N–H and O–H groups in total. The average molecular weight is 339 g/mol. The van der Waals surface area contributed by atoms with Gasteiger partial charge in [0.05, 0.1) is 12.7 Å². The fraction of sp³-hybridized carbons (Fsp3) is 0.500. The van der Waals surface area contributed by atoms with Gasteiger partial charge in [-0.05, 0) is 50.0 Å². The first-order valence-electron chi connectivity index (χ1n) is 8.64. The Kier molecular flexibility index (Phi) is 4.21. The van der Waals surface area contributed by atoms with Crippen LogP contribution in [-0.4, -0.2) is 31.8 Å². The Hall–Kier alpha value is -1.97. The Morgan fingerprint density at radius 3 is 2.58 bits per heavy atom. The van der Waals surface area contributed by atoms with Crippen molar-refractivity contribution in [2.45, 2.75) is 50.7 Å². The molecule has 0 spiro atoms. The van der Waals surface area contributed by atoms with Crippen LogP contribution in [0, 0.1) is 16.1 Å². The lowest BCUT2D eigenvalue weighted by atomic mass is 10.3. The summed E-state index contributed by atoms with van der Waals surface area (Å²) in [4.78, 5) is 2.35. The van der Waals surface area contributed by atoms with E-state index in [0.717, 1.165) is 22.8 Å². The maximum absolute atomic E-state index is 8.89. The second-order valence-electron chi connectivity index (χ2n) is 6.68. The van der Waals surface area contributed by atoms with E-state index in [1.807, 2.05) is 22.9 Å². The fourth-order valence-corrected chi connectivity index (χ4v) is 3.41.